The Bertz CT molecular complexity index is 771. The first-order chi connectivity index (χ1) is 12.7. The fourth-order valence-corrected chi connectivity index (χ4v) is 4.43. The van der Waals surface area contributed by atoms with Gasteiger partial charge in [0.1, 0.15) is 11.5 Å². The maximum atomic E-state index is 12.9. The van der Waals surface area contributed by atoms with Crippen molar-refractivity contribution in [3.05, 3.63) is 52.9 Å². The summed E-state index contributed by atoms with van der Waals surface area (Å²) in [5.74, 6) is 1.01. The van der Waals surface area contributed by atoms with Crippen molar-refractivity contribution in [1.29, 1.82) is 0 Å². The van der Waals surface area contributed by atoms with Gasteiger partial charge in [-0.3, -0.25) is 0 Å². The molecule has 0 saturated carbocycles. The summed E-state index contributed by atoms with van der Waals surface area (Å²) < 4.78 is 5.45. The van der Waals surface area contributed by atoms with Crippen LogP contribution in [0.5, 0.6) is 0 Å². The number of aromatic nitrogens is 1. The molecule has 1 unspecified atom stereocenters. The minimum atomic E-state index is -0.130. The van der Waals surface area contributed by atoms with Crippen molar-refractivity contribution in [2.75, 3.05) is 6.54 Å². The molecule has 138 valence electrons. The lowest BCUT2D eigenvalue weighted by atomic mass is 9.90. The van der Waals surface area contributed by atoms with Gasteiger partial charge in [-0.15, -0.1) is 0 Å². The van der Waals surface area contributed by atoms with Crippen molar-refractivity contribution in [2.24, 2.45) is 0 Å². The van der Waals surface area contributed by atoms with E-state index in [1.807, 2.05) is 11.0 Å². The summed E-state index contributed by atoms with van der Waals surface area (Å²) in [5, 5.41) is 7.27. The maximum absolute atomic E-state index is 12.9. The summed E-state index contributed by atoms with van der Waals surface area (Å²) in [6.07, 6.45) is 7.30. The van der Waals surface area contributed by atoms with Gasteiger partial charge in [-0.1, -0.05) is 35.5 Å². The highest BCUT2D eigenvalue weighted by Gasteiger charge is 2.39. The molecule has 1 aromatic carbocycles. The molecule has 1 atom stereocenters. The molecule has 5 heteroatoms. The Balaban J connectivity index is 1.41. The van der Waals surface area contributed by atoms with Crippen LogP contribution in [0.4, 0.5) is 4.79 Å². The number of rotatable bonds is 4. The molecule has 2 aromatic rings. The van der Waals surface area contributed by atoms with Gasteiger partial charge >= 0.3 is 6.03 Å². The quantitative estimate of drug-likeness (QED) is 0.908. The minimum Gasteiger partial charge on any atom is -0.361 e. The number of benzene rings is 1. The second kappa shape index (κ2) is 7.14. The second-order valence-corrected chi connectivity index (χ2v) is 7.81. The van der Waals surface area contributed by atoms with Crippen LogP contribution in [0, 0.1) is 0 Å². The topological polar surface area (TPSA) is 58.4 Å². The summed E-state index contributed by atoms with van der Waals surface area (Å²) in [5.41, 5.74) is 3.26. The second-order valence-electron chi connectivity index (χ2n) is 7.81. The Morgan fingerprint density at radius 3 is 2.88 bits per heavy atom. The zero-order valence-electron chi connectivity index (χ0n) is 15.5. The van der Waals surface area contributed by atoms with E-state index in [-0.39, 0.29) is 11.6 Å². The third-order valence-corrected chi connectivity index (χ3v) is 5.86. The molecule has 0 spiro atoms. The molecule has 2 amide bonds. The number of hydrogen-bond donors (Lipinski definition) is 1. The number of carbonyl (C=O) groups excluding carboxylic acids is 1. The molecule has 1 aromatic heterocycles. The highest BCUT2D eigenvalue weighted by Crippen LogP contribution is 2.32. The lowest BCUT2D eigenvalue weighted by molar-refractivity contribution is 0.155. The largest absolute Gasteiger partial charge is 0.361 e. The molecular formula is C21H27N3O2. The van der Waals surface area contributed by atoms with Crippen LogP contribution in [0.1, 0.15) is 55.2 Å². The van der Waals surface area contributed by atoms with Gasteiger partial charge in [0.05, 0.1) is 6.54 Å². The molecule has 1 saturated heterocycles. The monoisotopic (exact) mass is 353 g/mol. The normalized spacial score (nSPS) is 22.3. The van der Waals surface area contributed by atoms with Crippen molar-refractivity contribution in [3.63, 3.8) is 0 Å². The van der Waals surface area contributed by atoms with Crippen molar-refractivity contribution in [2.45, 2.75) is 64.0 Å². The Hall–Kier alpha value is -2.30. The molecule has 2 aliphatic rings. The van der Waals surface area contributed by atoms with Crippen molar-refractivity contribution in [3.8, 4) is 0 Å². The summed E-state index contributed by atoms with van der Waals surface area (Å²) >= 11 is 0. The van der Waals surface area contributed by atoms with Gasteiger partial charge in [0.15, 0.2) is 0 Å². The predicted molar refractivity (Wildman–Crippen MR) is 99.9 cm³/mol. The number of urea groups is 1. The molecule has 4 rings (SSSR count). The van der Waals surface area contributed by atoms with E-state index in [1.54, 1.807) is 0 Å². The summed E-state index contributed by atoms with van der Waals surface area (Å²) in [4.78, 5) is 14.9. The first-order valence-corrected chi connectivity index (χ1v) is 9.71. The number of carbonyl (C=O) groups is 1. The fraction of sp³-hybridized carbons (Fsp3) is 0.524. The van der Waals surface area contributed by atoms with Crippen LogP contribution in [-0.2, 0) is 25.8 Å². The molecule has 2 heterocycles. The van der Waals surface area contributed by atoms with Crippen molar-refractivity contribution in [1.82, 2.24) is 15.4 Å². The molecule has 0 bridgehead atoms. The van der Waals surface area contributed by atoms with Crippen LogP contribution in [0.3, 0.4) is 0 Å². The SMILES string of the molecule is CC1(Cc2ccccc2)CCCN1C(=O)NCc1noc2c1CCCC2. The number of amides is 2. The van der Waals surface area contributed by atoms with Crippen LogP contribution < -0.4 is 5.32 Å². The average Bonchev–Trinajstić information content (AvgIpc) is 3.24. The van der Waals surface area contributed by atoms with Crippen molar-refractivity contribution >= 4 is 6.03 Å². The molecule has 0 radical (unpaired) electrons. The van der Waals surface area contributed by atoms with E-state index >= 15 is 0 Å². The van der Waals surface area contributed by atoms with E-state index in [4.69, 9.17) is 4.52 Å². The molecule has 26 heavy (non-hydrogen) atoms. The van der Waals surface area contributed by atoms with Gasteiger partial charge in [0.2, 0.25) is 0 Å². The number of nitrogens with zero attached hydrogens (tertiary/aromatic N) is 2. The standard InChI is InChI=1S/C21H27N3O2/c1-21(14-16-8-3-2-4-9-16)12-7-13-24(21)20(25)22-15-18-17-10-5-6-11-19(17)26-23-18/h2-4,8-9H,5-7,10-15H2,1H3,(H,22,25). The van der Waals surface area contributed by atoms with Crippen LogP contribution in [0.15, 0.2) is 34.9 Å². The summed E-state index contributed by atoms with van der Waals surface area (Å²) in [6.45, 7) is 3.46. The molecule has 1 N–H and O–H groups in total. The molecule has 5 nitrogen and oxygen atoms in total. The van der Waals surface area contributed by atoms with Gasteiger partial charge in [-0.2, -0.15) is 0 Å². The number of hydrogen-bond acceptors (Lipinski definition) is 3. The van der Waals surface area contributed by atoms with Gasteiger partial charge in [0.25, 0.3) is 0 Å². The van der Waals surface area contributed by atoms with Crippen LogP contribution in [0.2, 0.25) is 0 Å². The van der Waals surface area contributed by atoms with Crippen LogP contribution >= 0.6 is 0 Å². The fourth-order valence-electron chi connectivity index (χ4n) is 4.43. The lowest BCUT2D eigenvalue weighted by Gasteiger charge is -2.35. The van der Waals surface area contributed by atoms with Crippen LogP contribution in [-0.4, -0.2) is 28.2 Å². The van der Waals surface area contributed by atoms with Gasteiger partial charge in [-0.25, -0.2) is 4.79 Å². The van der Waals surface area contributed by atoms with E-state index in [2.05, 4.69) is 41.7 Å². The van der Waals surface area contributed by atoms with Gasteiger partial charge in [-0.05, 0) is 51.0 Å². The number of likely N-dealkylation sites (tertiary alicyclic amines) is 1. The van der Waals surface area contributed by atoms with Crippen molar-refractivity contribution < 1.29 is 9.32 Å². The van der Waals surface area contributed by atoms with E-state index < -0.39 is 0 Å². The Morgan fingerprint density at radius 2 is 2.04 bits per heavy atom. The molecule has 1 aliphatic heterocycles. The number of nitrogens with one attached hydrogen (secondary N) is 1. The van der Waals surface area contributed by atoms with E-state index in [0.717, 1.165) is 50.1 Å². The number of fused-ring (bicyclic) bond motifs is 1. The van der Waals surface area contributed by atoms with E-state index in [1.165, 1.54) is 24.0 Å². The smallest absolute Gasteiger partial charge is 0.318 e. The lowest BCUT2D eigenvalue weighted by Crippen LogP contribution is -2.50. The van der Waals surface area contributed by atoms with E-state index in [9.17, 15) is 4.79 Å². The third-order valence-electron chi connectivity index (χ3n) is 5.86. The summed E-state index contributed by atoms with van der Waals surface area (Å²) in [6, 6.07) is 10.4. The Labute approximate surface area is 154 Å². The minimum absolute atomic E-state index is 0.00786. The first-order valence-electron chi connectivity index (χ1n) is 9.71. The Kier molecular flexibility index (Phi) is 4.70. The van der Waals surface area contributed by atoms with E-state index in [0.29, 0.717) is 6.54 Å². The highest BCUT2D eigenvalue weighted by molar-refractivity contribution is 5.75. The van der Waals surface area contributed by atoms with Gasteiger partial charge in [0, 0.05) is 24.1 Å². The third kappa shape index (κ3) is 3.35. The molecular weight excluding hydrogens is 326 g/mol. The zero-order valence-corrected chi connectivity index (χ0v) is 15.5. The molecule has 1 aliphatic carbocycles. The van der Waals surface area contributed by atoms with Gasteiger partial charge < -0.3 is 14.7 Å². The Morgan fingerprint density at radius 1 is 1.23 bits per heavy atom. The maximum Gasteiger partial charge on any atom is 0.318 e. The zero-order chi connectivity index (χ0) is 18.0. The summed E-state index contributed by atoms with van der Waals surface area (Å²) in [7, 11) is 0. The van der Waals surface area contributed by atoms with Crippen LogP contribution in [0.25, 0.3) is 0 Å². The number of aryl methyl sites for hydroxylation is 1. The molecule has 1 fully saturated rings. The highest BCUT2D eigenvalue weighted by atomic mass is 16.5. The first kappa shape index (κ1) is 17.1. The average molecular weight is 353 g/mol. The predicted octanol–water partition coefficient (Wildman–Crippen LogP) is 3.86.